The standard InChI is InChI=1S/C15H25N5O2/c16-15(21)12-8-19(10-13-7-17-11-18-13)3-4-20(9-12)14-1-5-22-6-2-14/h7,11-12,14H,1-6,8-10H2,(H2,16,21)(H,17,18)/t12-/m1/s1. The number of nitrogens with one attached hydrogen (secondary N) is 1. The zero-order chi connectivity index (χ0) is 15.4. The molecule has 0 radical (unpaired) electrons. The predicted octanol–water partition coefficient (Wildman–Crippen LogP) is -0.192. The molecule has 7 heteroatoms. The highest BCUT2D eigenvalue weighted by molar-refractivity contribution is 5.77. The first-order valence-electron chi connectivity index (χ1n) is 8.03. The van der Waals surface area contributed by atoms with Crippen molar-refractivity contribution in [2.45, 2.75) is 25.4 Å². The molecule has 122 valence electrons. The van der Waals surface area contributed by atoms with Crippen LogP contribution in [0.3, 0.4) is 0 Å². The van der Waals surface area contributed by atoms with E-state index in [1.807, 2.05) is 6.20 Å². The van der Waals surface area contributed by atoms with Crippen LogP contribution >= 0.6 is 0 Å². The van der Waals surface area contributed by atoms with Crippen molar-refractivity contribution in [3.05, 3.63) is 18.2 Å². The topological polar surface area (TPSA) is 87.5 Å². The molecule has 0 aromatic carbocycles. The molecule has 1 amide bonds. The van der Waals surface area contributed by atoms with E-state index in [9.17, 15) is 4.79 Å². The Bertz CT molecular complexity index is 472. The summed E-state index contributed by atoms with van der Waals surface area (Å²) in [7, 11) is 0. The number of hydrogen-bond acceptors (Lipinski definition) is 5. The summed E-state index contributed by atoms with van der Waals surface area (Å²) >= 11 is 0. The summed E-state index contributed by atoms with van der Waals surface area (Å²) in [5, 5.41) is 0. The Morgan fingerprint density at radius 3 is 2.86 bits per heavy atom. The summed E-state index contributed by atoms with van der Waals surface area (Å²) in [5.41, 5.74) is 6.70. The predicted molar refractivity (Wildman–Crippen MR) is 82.0 cm³/mol. The fraction of sp³-hybridized carbons (Fsp3) is 0.733. The molecule has 3 N–H and O–H groups in total. The Labute approximate surface area is 130 Å². The van der Waals surface area contributed by atoms with Crippen molar-refractivity contribution >= 4 is 5.91 Å². The second-order valence-electron chi connectivity index (χ2n) is 6.25. The van der Waals surface area contributed by atoms with Crippen LogP contribution < -0.4 is 5.73 Å². The average Bonchev–Trinajstić information content (AvgIpc) is 2.93. The third-order valence-corrected chi connectivity index (χ3v) is 4.70. The number of imidazole rings is 1. The number of H-pyrrole nitrogens is 1. The molecule has 3 rings (SSSR count). The maximum absolute atomic E-state index is 11.8. The molecule has 1 atom stereocenters. The molecule has 2 fully saturated rings. The third kappa shape index (κ3) is 3.85. The van der Waals surface area contributed by atoms with Crippen molar-refractivity contribution in [1.29, 1.82) is 0 Å². The van der Waals surface area contributed by atoms with Gasteiger partial charge >= 0.3 is 0 Å². The number of carbonyl (C=O) groups excluding carboxylic acids is 1. The van der Waals surface area contributed by atoms with E-state index in [0.29, 0.717) is 12.6 Å². The lowest BCUT2D eigenvalue weighted by atomic mass is 10.0. The van der Waals surface area contributed by atoms with Gasteiger partial charge in [0.1, 0.15) is 0 Å². The molecule has 1 aromatic heterocycles. The monoisotopic (exact) mass is 307 g/mol. The first kappa shape index (κ1) is 15.5. The average molecular weight is 307 g/mol. The van der Waals surface area contributed by atoms with E-state index in [2.05, 4.69) is 19.8 Å². The zero-order valence-electron chi connectivity index (χ0n) is 12.9. The van der Waals surface area contributed by atoms with Crippen molar-refractivity contribution in [2.24, 2.45) is 11.7 Å². The number of aromatic nitrogens is 2. The molecule has 0 spiro atoms. The van der Waals surface area contributed by atoms with Gasteiger partial charge in [0.2, 0.25) is 5.91 Å². The second-order valence-corrected chi connectivity index (χ2v) is 6.25. The number of amides is 1. The molecule has 2 aliphatic rings. The molecular weight excluding hydrogens is 282 g/mol. The number of ether oxygens (including phenoxy) is 1. The van der Waals surface area contributed by atoms with Gasteiger partial charge in [-0.3, -0.25) is 14.6 Å². The summed E-state index contributed by atoms with van der Waals surface area (Å²) < 4.78 is 5.45. The first-order valence-corrected chi connectivity index (χ1v) is 8.03. The normalized spacial score (nSPS) is 25.9. The molecule has 2 aliphatic heterocycles. The molecule has 2 saturated heterocycles. The lowest BCUT2D eigenvalue weighted by Crippen LogP contribution is -2.44. The highest BCUT2D eigenvalue weighted by atomic mass is 16.5. The fourth-order valence-corrected chi connectivity index (χ4v) is 3.42. The molecule has 0 unspecified atom stereocenters. The Morgan fingerprint density at radius 2 is 2.18 bits per heavy atom. The van der Waals surface area contributed by atoms with E-state index in [1.54, 1.807) is 6.33 Å². The quantitative estimate of drug-likeness (QED) is 0.805. The number of rotatable bonds is 4. The highest BCUT2D eigenvalue weighted by Crippen LogP contribution is 2.19. The zero-order valence-corrected chi connectivity index (χ0v) is 12.9. The highest BCUT2D eigenvalue weighted by Gasteiger charge is 2.30. The molecule has 0 bridgehead atoms. The lowest BCUT2D eigenvalue weighted by molar-refractivity contribution is -0.122. The summed E-state index contributed by atoms with van der Waals surface area (Å²) in [5.74, 6) is -0.318. The molecule has 3 heterocycles. The number of aromatic amines is 1. The van der Waals surface area contributed by atoms with E-state index in [-0.39, 0.29) is 11.8 Å². The minimum absolute atomic E-state index is 0.117. The number of hydrogen-bond donors (Lipinski definition) is 2. The maximum atomic E-state index is 11.8. The van der Waals surface area contributed by atoms with Gasteiger partial charge in [0.05, 0.1) is 12.2 Å². The molecule has 22 heavy (non-hydrogen) atoms. The van der Waals surface area contributed by atoms with E-state index < -0.39 is 0 Å². The van der Waals surface area contributed by atoms with Gasteiger partial charge in [-0.15, -0.1) is 0 Å². The number of primary amides is 1. The van der Waals surface area contributed by atoms with Crippen molar-refractivity contribution in [2.75, 3.05) is 39.4 Å². The molecule has 0 aliphatic carbocycles. The van der Waals surface area contributed by atoms with E-state index in [4.69, 9.17) is 10.5 Å². The minimum atomic E-state index is -0.200. The van der Waals surface area contributed by atoms with Gasteiger partial charge in [0, 0.05) is 63.9 Å². The van der Waals surface area contributed by atoms with Crippen molar-refractivity contribution in [3.63, 3.8) is 0 Å². The van der Waals surface area contributed by atoms with Gasteiger partial charge in [-0.25, -0.2) is 4.98 Å². The van der Waals surface area contributed by atoms with Gasteiger partial charge < -0.3 is 15.5 Å². The molecule has 0 saturated carbocycles. The van der Waals surface area contributed by atoms with Crippen LogP contribution in [0.15, 0.2) is 12.5 Å². The fourth-order valence-electron chi connectivity index (χ4n) is 3.42. The second kappa shape index (κ2) is 7.21. The van der Waals surface area contributed by atoms with Gasteiger partial charge in [-0.05, 0) is 12.8 Å². The SMILES string of the molecule is NC(=O)[C@@H]1CN(Cc2cnc[nH]2)CCN(C2CCOCC2)C1. The van der Waals surface area contributed by atoms with E-state index in [0.717, 1.165) is 57.9 Å². The largest absolute Gasteiger partial charge is 0.381 e. The van der Waals surface area contributed by atoms with Crippen LogP contribution in [0.4, 0.5) is 0 Å². The van der Waals surface area contributed by atoms with Gasteiger partial charge in [0.25, 0.3) is 0 Å². The van der Waals surface area contributed by atoms with Gasteiger partial charge in [-0.2, -0.15) is 0 Å². The van der Waals surface area contributed by atoms with Crippen LogP contribution in [-0.4, -0.2) is 71.1 Å². The lowest BCUT2D eigenvalue weighted by Gasteiger charge is -2.34. The summed E-state index contributed by atoms with van der Waals surface area (Å²) in [4.78, 5) is 23.7. The Kier molecular flexibility index (Phi) is 5.07. The van der Waals surface area contributed by atoms with Crippen molar-refractivity contribution in [1.82, 2.24) is 19.8 Å². The summed E-state index contributed by atoms with van der Waals surface area (Å²) in [6, 6.07) is 0.516. The smallest absolute Gasteiger partial charge is 0.223 e. The maximum Gasteiger partial charge on any atom is 0.223 e. The minimum Gasteiger partial charge on any atom is -0.381 e. The Balaban J connectivity index is 1.65. The summed E-state index contributed by atoms with van der Waals surface area (Å²) in [6.45, 7) is 5.82. The van der Waals surface area contributed by atoms with Crippen LogP contribution in [0, 0.1) is 5.92 Å². The van der Waals surface area contributed by atoms with Crippen molar-refractivity contribution < 1.29 is 9.53 Å². The Hall–Kier alpha value is -1.44. The van der Waals surface area contributed by atoms with Crippen LogP contribution in [0.2, 0.25) is 0 Å². The van der Waals surface area contributed by atoms with E-state index >= 15 is 0 Å². The van der Waals surface area contributed by atoms with Crippen LogP contribution in [0.5, 0.6) is 0 Å². The third-order valence-electron chi connectivity index (χ3n) is 4.70. The van der Waals surface area contributed by atoms with Crippen molar-refractivity contribution in [3.8, 4) is 0 Å². The van der Waals surface area contributed by atoms with E-state index in [1.165, 1.54) is 0 Å². The van der Waals surface area contributed by atoms with Crippen LogP contribution in [0.25, 0.3) is 0 Å². The number of nitrogens with two attached hydrogens (primary N) is 1. The number of nitrogens with zero attached hydrogens (tertiary/aromatic N) is 3. The summed E-state index contributed by atoms with van der Waals surface area (Å²) in [6.07, 6.45) is 5.62. The molecule has 1 aromatic rings. The van der Waals surface area contributed by atoms with Gasteiger partial charge in [-0.1, -0.05) is 0 Å². The number of carbonyl (C=O) groups is 1. The first-order chi connectivity index (χ1) is 10.7. The van der Waals surface area contributed by atoms with Crippen LogP contribution in [-0.2, 0) is 16.1 Å². The molecule has 7 nitrogen and oxygen atoms in total. The van der Waals surface area contributed by atoms with Gasteiger partial charge in [0.15, 0.2) is 0 Å². The Morgan fingerprint density at radius 1 is 1.36 bits per heavy atom. The molecular formula is C15H25N5O2. The van der Waals surface area contributed by atoms with Crippen LogP contribution in [0.1, 0.15) is 18.5 Å².